The van der Waals surface area contributed by atoms with Gasteiger partial charge >= 0.3 is 0 Å². The van der Waals surface area contributed by atoms with Crippen LogP contribution in [0.1, 0.15) is 34.1 Å². The predicted molar refractivity (Wildman–Crippen MR) is 72.4 cm³/mol. The van der Waals surface area contributed by atoms with E-state index in [1.165, 1.54) is 0 Å². The molecule has 0 N–H and O–H groups in total. The first-order chi connectivity index (χ1) is 8.71. The van der Waals surface area contributed by atoms with Crippen LogP contribution in [0.25, 0.3) is 0 Å². The van der Waals surface area contributed by atoms with Crippen molar-refractivity contribution in [3.8, 4) is 0 Å². The maximum absolute atomic E-state index is 12.3. The summed E-state index contributed by atoms with van der Waals surface area (Å²) in [6.45, 7) is 8.39. The van der Waals surface area contributed by atoms with Crippen LogP contribution in [0, 0.1) is 5.41 Å². The lowest BCUT2D eigenvalue weighted by Gasteiger charge is -2.35. The lowest BCUT2D eigenvalue weighted by Crippen LogP contribution is -2.43. The van der Waals surface area contributed by atoms with E-state index in [0.29, 0.717) is 24.3 Å². The topological polar surface area (TPSA) is 46.6 Å². The summed E-state index contributed by atoms with van der Waals surface area (Å²) in [7, 11) is 1.57. The van der Waals surface area contributed by atoms with Crippen molar-refractivity contribution < 1.29 is 14.3 Å². The summed E-state index contributed by atoms with van der Waals surface area (Å²) in [5, 5.41) is 0. The number of hydrogen-bond acceptors (Lipinski definition) is 3. The third-order valence-corrected chi connectivity index (χ3v) is 3.94. The molecular weight excluding hydrogens is 242 g/mol. The van der Waals surface area contributed by atoms with Gasteiger partial charge in [-0.1, -0.05) is 6.08 Å². The molecule has 0 aromatic carbocycles. The molecule has 4 heteroatoms. The van der Waals surface area contributed by atoms with Gasteiger partial charge in [0.05, 0.1) is 12.5 Å². The first kappa shape index (κ1) is 13.8. The lowest BCUT2D eigenvalue weighted by molar-refractivity contribution is -0.131. The van der Waals surface area contributed by atoms with E-state index in [4.69, 9.17) is 4.74 Å². The molecule has 19 heavy (non-hydrogen) atoms. The van der Waals surface area contributed by atoms with Gasteiger partial charge in [0.25, 0.3) is 0 Å². The van der Waals surface area contributed by atoms with Gasteiger partial charge < -0.3 is 9.64 Å². The van der Waals surface area contributed by atoms with Gasteiger partial charge in [-0.25, -0.2) is 0 Å². The number of allylic oxidation sites excluding steroid dienone is 2. The quantitative estimate of drug-likeness (QED) is 0.727. The highest BCUT2D eigenvalue weighted by Gasteiger charge is 2.50. The zero-order valence-electron chi connectivity index (χ0n) is 12.2. The van der Waals surface area contributed by atoms with E-state index >= 15 is 0 Å². The Balaban J connectivity index is 2.44. The number of nitrogens with zero attached hydrogens (tertiary/aromatic N) is 1. The van der Waals surface area contributed by atoms with Crippen molar-refractivity contribution in [2.75, 3.05) is 13.7 Å². The Labute approximate surface area is 114 Å². The second-order valence-electron chi connectivity index (χ2n) is 6.34. The molecule has 1 fully saturated rings. The van der Waals surface area contributed by atoms with Crippen molar-refractivity contribution >= 4 is 11.7 Å². The van der Waals surface area contributed by atoms with Crippen LogP contribution in [-0.2, 0) is 14.3 Å². The van der Waals surface area contributed by atoms with Crippen LogP contribution in [0.2, 0.25) is 0 Å². The number of likely N-dealkylation sites (tertiary alicyclic amines) is 1. The van der Waals surface area contributed by atoms with E-state index in [0.717, 1.165) is 0 Å². The summed E-state index contributed by atoms with van der Waals surface area (Å²) in [6.07, 6.45) is 3.77. The number of ether oxygens (including phenoxy) is 1. The Morgan fingerprint density at radius 1 is 1.32 bits per heavy atom. The van der Waals surface area contributed by atoms with Crippen molar-refractivity contribution in [3.63, 3.8) is 0 Å². The summed E-state index contributed by atoms with van der Waals surface area (Å²) >= 11 is 0. The number of amides is 1. The summed E-state index contributed by atoms with van der Waals surface area (Å²) in [5.41, 5.74) is -0.0896. The number of methoxy groups -OCH3 is 1. The molecule has 1 spiro atoms. The molecule has 1 heterocycles. The molecule has 0 bridgehead atoms. The van der Waals surface area contributed by atoms with Gasteiger partial charge in [-0.05, 0) is 33.8 Å². The Kier molecular flexibility index (Phi) is 3.07. The standard InChI is InChI=1S/C15H21NO3/c1-10-11(17)6-7-15(13(10)19-5)8-12(18)16(9-15)14(2,3)4/h6-7H,8-9H2,1-5H3. The molecule has 0 aromatic heterocycles. The molecule has 104 valence electrons. The van der Waals surface area contributed by atoms with Crippen LogP contribution in [0.5, 0.6) is 0 Å². The smallest absolute Gasteiger partial charge is 0.224 e. The fourth-order valence-electron chi connectivity index (χ4n) is 2.94. The average molecular weight is 263 g/mol. The third-order valence-electron chi connectivity index (χ3n) is 3.94. The highest BCUT2D eigenvalue weighted by Crippen LogP contribution is 2.45. The van der Waals surface area contributed by atoms with Gasteiger partial charge in [0, 0.05) is 24.1 Å². The fourth-order valence-corrected chi connectivity index (χ4v) is 2.94. The Hall–Kier alpha value is -1.58. The van der Waals surface area contributed by atoms with E-state index in [-0.39, 0.29) is 17.2 Å². The largest absolute Gasteiger partial charge is 0.500 e. The molecular formula is C15H21NO3. The Morgan fingerprint density at radius 3 is 2.42 bits per heavy atom. The molecule has 0 radical (unpaired) electrons. The van der Waals surface area contributed by atoms with Gasteiger partial charge in [-0.15, -0.1) is 0 Å². The molecule has 1 saturated heterocycles. The summed E-state index contributed by atoms with van der Waals surface area (Å²) in [6, 6.07) is 0. The van der Waals surface area contributed by atoms with Gasteiger partial charge in [0.2, 0.25) is 5.91 Å². The fraction of sp³-hybridized carbons (Fsp3) is 0.600. The molecule has 1 unspecified atom stereocenters. The maximum atomic E-state index is 12.3. The van der Waals surface area contributed by atoms with Crippen molar-refractivity contribution in [1.29, 1.82) is 0 Å². The second kappa shape index (κ2) is 4.22. The number of rotatable bonds is 1. The van der Waals surface area contributed by atoms with Crippen molar-refractivity contribution in [2.45, 2.75) is 39.7 Å². The molecule has 0 saturated carbocycles. The molecule has 2 rings (SSSR count). The molecule has 1 atom stereocenters. The van der Waals surface area contributed by atoms with Crippen molar-refractivity contribution in [3.05, 3.63) is 23.5 Å². The minimum Gasteiger partial charge on any atom is -0.500 e. The van der Waals surface area contributed by atoms with E-state index < -0.39 is 5.41 Å². The number of carbonyl (C=O) groups is 2. The molecule has 1 amide bonds. The zero-order chi connectivity index (χ0) is 14.4. The van der Waals surface area contributed by atoms with Crippen LogP contribution >= 0.6 is 0 Å². The van der Waals surface area contributed by atoms with Gasteiger partial charge in [0.1, 0.15) is 5.76 Å². The average Bonchev–Trinajstić information content (AvgIpc) is 2.63. The summed E-state index contributed by atoms with van der Waals surface area (Å²) < 4.78 is 5.45. The van der Waals surface area contributed by atoms with E-state index in [9.17, 15) is 9.59 Å². The monoisotopic (exact) mass is 263 g/mol. The first-order valence-electron chi connectivity index (χ1n) is 6.51. The highest BCUT2D eigenvalue weighted by atomic mass is 16.5. The summed E-state index contributed by atoms with van der Waals surface area (Å²) in [5.74, 6) is 0.707. The van der Waals surface area contributed by atoms with Gasteiger partial charge in [-0.3, -0.25) is 9.59 Å². The Bertz CT molecular complexity index is 496. The second-order valence-corrected chi connectivity index (χ2v) is 6.34. The van der Waals surface area contributed by atoms with Crippen molar-refractivity contribution in [2.24, 2.45) is 5.41 Å². The molecule has 1 aliphatic carbocycles. The number of hydrogen-bond donors (Lipinski definition) is 0. The minimum absolute atomic E-state index is 0.0378. The molecule has 1 aliphatic heterocycles. The number of ketones is 1. The normalized spacial score (nSPS) is 27.7. The van der Waals surface area contributed by atoms with E-state index in [2.05, 4.69) is 0 Å². The molecule has 4 nitrogen and oxygen atoms in total. The number of carbonyl (C=O) groups excluding carboxylic acids is 2. The predicted octanol–water partition coefficient (Wildman–Crippen LogP) is 2.06. The summed E-state index contributed by atoms with van der Waals surface area (Å²) in [4.78, 5) is 25.9. The van der Waals surface area contributed by atoms with Gasteiger partial charge in [0.15, 0.2) is 5.78 Å². The molecule has 0 aromatic rings. The van der Waals surface area contributed by atoms with Crippen LogP contribution in [-0.4, -0.2) is 35.8 Å². The Morgan fingerprint density at radius 2 is 1.95 bits per heavy atom. The van der Waals surface area contributed by atoms with E-state index in [1.807, 2.05) is 31.7 Å². The lowest BCUT2D eigenvalue weighted by atomic mass is 9.78. The van der Waals surface area contributed by atoms with Gasteiger partial charge in [-0.2, -0.15) is 0 Å². The van der Waals surface area contributed by atoms with Crippen LogP contribution in [0.3, 0.4) is 0 Å². The SMILES string of the molecule is COC1=C(C)C(=O)C=CC12CC(=O)N(C(C)(C)C)C2. The first-order valence-corrected chi connectivity index (χ1v) is 6.51. The van der Waals surface area contributed by atoms with Crippen LogP contribution < -0.4 is 0 Å². The maximum Gasteiger partial charge on any atom is 0.224 e. The zero-order valence-corrected chi connectivity index (χ0v) is 12.2. The van der Waals surface area contributed by atoms with Crippen molar-refractivity contribution in [1.82, 2.24) is 4.90 Å². The van der Waals surface area contributed by atoms with Crippen LogP contribution in [0.4, 0.5) is 0 Å². The highest BCUT2D eigenvalue weighted by molar-refractivity contribution is 6.05. The molecule has 2 aliphatic rings. The minimum atomic E-state index is -0.475. The third kappa shape index (κ3) is 2.09. The van der Waals surface area contributed by atoms with E-state index in [1.54, 1.807) is 20.1 Å². The van der Waals surface area contributed by atoms with Crippen LogP contribution in [0.15, 0.2) is 23.5 Å².